The van der Waals surface area contributed by atoms with Gasteiger partial charge in [0.15, 0.2) is 0 Å². The molecule has 0 spiro atoms. The van der Waals surface area contributed by atoms with E-state index in [-0.39, 0.29) is 0 Å². The van der Waals surface area contributed by atoms with Crippen molar-refractivity contribution in [3.63, 3.8) is 0 Å². The molecule has 0 amide bonds. The van der Waals surface area contributed by atoms with Crippen LogP contribution in [0, 0.1) is 6.92 Å². The van der Waals surface area contributed by atoms with Crippen LogP contribution in [-0.4, -0.2) is 0 Å². The van der Waals surface area contributed by atoms with Crippen LogP contribution in [0.1, 0.15) is 23.6 Å². The van der Waals surface area contributed by atoms with Gasteiger partial charge in [0, 0.05) is 0 Å². The van der Waals surface area contributed by atoms with Crippen LogP contribution in [0.5, 0.6) is 0 Å². The SMILES string of the molecule is [CH2]C(=CC)c1cccc2c1Cc1ccccc1-2. The summed E-state index contributed by atoms with van der Waals surface area (Å²) in [6.45, 7) is 6.17. The van der Waals surface area contributed by atoms with Gasteiger partial charge in [0.2, 0.25) is 0 Å². The predicted octanol–water partition coefficient (Wildman–Crippen LogP) is 4.50. The Balaban J connectivity index is 2.24. The molecule has 0 N–H and O–H groups in total. The molecule has 2 aromatic carbocycles. The smallest absolute Gasteiger partial charge is 0.000740 e. The van der Waals surface area contributed by atoms with Gasteiger partial charge in [-0.1, -0.05) is 48.5 Å². The summed E-state index contributed by atoms with van der Waals surface area (Å²) in [4.78, 5) is 0. The van der Waals surface area contributed by atoms with Crippen molar-refractivity contribution in [2.24, 2.45) is 0 Å². The maximum Gasteiger partial charge on any atom is -0.000740 e. The minimum atomic E-state index is 1.04. The zero-order valence-corrected chi connectivity index (χ0v) is 10.0. The average Bonchev–Trinajstić information content (AvgIpc) is 2.76. The summed E-state index contributed by atoms with van der Waals surface area (Å²) < 4.78 is 0. The molecular weight excluding hydrogens is 204 g/mol. The van der Waals surface area contributed by atoms with E-state index in [0.29, 0.717) is 0 Å². The molecule has 2 aromatic rings. The molecule has 0 fully saturated rings. The first-order valence-electron chi connectivity index (χ1n) is 6.00. The van der Waals surface area contributed by atoms with Gasteiger partial charge in [-0.05, 0) is 53.7 Å². The number of hydrogen-bond donors (Lipinski definition) is 0. The molecule has 3 rings (SSSR count). The van der Waals surface area contributed by atoms with E-state index >= 15 is 0 Å². The van der Waals surface area contributed by atoms with Gasteiger partial charge in [0.25, 0.3) is 0 Å². The Morgan fingerprint density at radius 1 is 1.06 bits per heavy atom. The van der Waals surface area contributed by atoms with Crippen LogP contribution in [0.15, 0.2) is 48.5 Å². The quantitative estimate of drug-likeness (QED) is 0.565. The maximum absolute atomic E-state index is 4.13. The van der Waals surface area contributed by atoms with Crippen molar-refractivity contribution in [2.45, 2.75) is 13.3 Å². The molecule has 0 heterocycles. The highest BCUT2D eigenvalue weighted by atomic mass is 14.2. The highest BCUT2D eigenvalue weighted by Gasteiger charge is 2.20. The molecule has 0 atom stereocenters. The second-order valence-corrected chi connectivity index (χ2v) is 4.48. The van der Waals surface area contributed by atoms with Crippen LogP contribution in [0.3, 0.4) is 0 Å². The molecule has 0 heteroatoms. The van der Waals surface area contributed by atoms with Gasteiger partial charge in [-0.2, -0.15) is 0 Å². The highest BCUT2D eigenvalue weighted by molar-refractivity contribution is 5.84. The van der Waals surface area contributed by atoms with Crippen molar-refractivity contribution in [3.05, 3.63) is 72.2 Å². The lowest BCUT2D eigenvalue weighted by molar-refractivity contribution is 1.25. The van der Waals surface area contributed by atoms with E-state index in [1.807, 2.05) is 6.92 Å². The van der Waals surface area contributed by atoms with Gasteiger partial charge < -0.3 is 0 Å². The third kappa shape index (κ3) is 1.52. The van der Waals surface area contributed by atoms with Gasteiger partial charge in [-0.25, -0.2) is 0 Å². The van der Waals surface area contributed by atoms with Crippen LogP contribution >= 0.6 is 0 Å². The molecular formula is C17H15. The lowest BCUT2D eigenvalue weighted by Crippen LogP contribution is -1.89. The average molecular weight is 219 g/mol. The predicted molar refractivity (Wildman–Crippen MR) is 73.7 cm³/mol. The van der Waals surface area contributed by atoms with Gasteiger partial charge >= 0.3 is 0 Å². The highest BCUT2D eigenvalue weighted by Crippen LogP contribution is 2.39. The Labute approximate surface area is 103 Å². The minimum absolute atomic E-state index is 1.04. The summed E-state index contributed by atoms with van der Waals surface area (Å²) in [5, 5.41) is 0. The Bertz CT molecular complexity index is 603. The lowest BCUT2D eigenvalue weighted by atomic mass is 9.96. The molecule has 0 saturated heterocycles. The van der Waals surface area contributed by atoms with Gasteiger partial charge in [0.05, 0.1) is 0 Å². The number of fused-ring (bicyclic) bond motifs is 3. The van der Waals surface area contributed by atoms with E-state index < -0.39 is 0 Å². The van der Waals surface area contributed by atoms with Gasteiger partial charge in [-0.3, -0.25) is 0 Å². The molecule has 1 radical (unpaired) electrons. The number of hydrogen-bond acceptors (Lipinski definition) is 0. The number of rotatable bonds is 1. The van der Waals surface area contributed by atoms with E-state index in [0.717, 1.165) is 12.0 Å². The van der Waals surface area contributed by atoms with E-state index in [9.17, 15) is 0 Å². The first-order chi connectivity index (χ1) is 8.31. The monoisotopic (exact) mass is 219 g/mol. The molecule has 83 valence electrons. The van der Waals surface area contributed by atoms with Crippen molar-refractivity contribution in [1.29, 1.82) is 0 Å². The van der Waals surface area contributed by atoms with Crippen LogP contribution in [0.25, 0.3) is 16.7 Å². The molecule has 0 aliphatic heterocycles. The Morgan fingerprint density at radius 3 is 2.65 bits per heavy atom. The molecule has 0 saturated carbocycles. The topological polar surface area (TPSA) is 0 Å². The zero-order chi connectivity index (χ0) is 11.8. The second kappa shape index (κ2) is 3.89. The van der Waals surface area contributed by atoms with E-state index in [1.54, 1.807) is 0 Å². The summed E-state index contributed by atoms with van der Waals surface area (Å²) in [6.07, 6.45) is 3.12. The van der Waals surface area contributed by atoms with Crippen LogP contribution in [0.4, 0.5) is 0 Å². The fraction of sp³-hybridized carbons (Fsp3) is 0.118. The maximum atomic E-state index is 4.13. The third-order valence-electron chi connectivity index (χ3n) is 3.55. The molecule has 0 bridgehead atoms. The Hall–Kier alpha value is -1.82. The van der Waals surface area contributed by atoms with Crippen LogP contribution < -0.4 is 0 Å². The fourth-order valence-corrected chi connectivity index (χ4v) is 2.61. The Kier molecular flexibility index (Phi) is 2.36. The molecule has 1 aliphatic carbocycles. The van der Waals surface area contributed by atoms with Crippen molar-refractivity contribution in [3.8, 4) is 11.1 Å². The van der Waals surface area contributed by atoms with Gasteiger partial charge in [0.1, 0.15) is 0 Å². The lowest BCUT2D eigenvalue weighted by Gasteiger charge is -2.08. The zero-order valence-electron chi connectivity index (χ0n) is 10.0. The van der Waals surface area contributed by atoms with Crippen molar-refractivity contribution >= 4 is 5.57 Å². The third-order valence-corrected chi connectivity index (χ3v) is 3.55. The van der Waals surface area contributed by atoms with Crippen molar-refractivity contribution in [2.75, 3.05) is 0 Å². The second-order valence-electron chi connectivity index (χ2n) is 4.48. The number of allylic oxidation sites excluding steroid dienone is 2. The molecule has 17 heavy (non-hydrogen) atoms. The van der Waals surface area contributed by atoms with Crippen molar-refractivity contribution < 1.29 is 0 Å². The van der Waals surface area contributed by atoms with Crippen LogP contribution in [-0.2, 0) is 6.42 Å². The molecule has 0 unspecified atom stereocenters. The fourth-order valence-electron chi connectivity index (χ4n) is 2.61. The van der Waals surface area contributed by atoms with E-state index in [4.69, 9.17) is 0 Å². The largest absolute Gasteiger partial charge is 0.0838 e. The minimum Gasteiger partial charge on any atom is -0.0838 e. The van der Waals surface area contributed by atoms with Gasteiger partial charge in [-0.15, -0.1) is 0 Å². The van der Waals surface area contributed by atoms with E-state index in [1.165, 1.54) is 27.8 Å². The van der Waals surface area contributed by atoms with E-state index in [2.05, 4.69) is 55.5 Å². The van der Waals surface area contributed by atoms with Crippen LogP contribution in [0.2, 0.25) is 0 Å². The summed E-state index contributed by atoms with van der Waals surface area (Å²) in [6, 6.07) is 15.2. The molecule has 1 aliphatic rings. The Morgan fingerprint density at radius 2 is 1.82 bits per heavy atom. The summed E-state index contributed by atoms with van der Waals surface area (Å²) in [5.74, 6) is 0. The van der Waals surface area contributed by atoms with Crippen molar-refractivity contribution in [1.82, 2.24) is 0 Å². The standard InChI is InChI=1S/C17H15/c1-3-12(2)14-9-6-10-16-15-8-5-4-7-13(15)11-17(14)16/h3-10H,2,11H2,1H3. The first kappa shape index (κ1) is 10.3. The summed E-state index contributed by atoms with van der Waals surface area (Å²) >= 11 is 0. The normalized spacial score (nSPS) is 13.4. The summed E-state index contributed by atoms with van der Waals surface area (Å²) in [5.41, 5.74) is 8.03. The molecule has 0 nitrogen and oxygen atoms in total. The number of benzene rings is 2. The first-order valence-corrected chi connectivity index (χ1v) is 6.00. The molecule has 0 aromatic heterocycles. The summed E-state index contributed by atoms with van der Waals surface area (Å²) in [7, 11) is 0.